The number of thiophene rings is 6. The average molecular weight is 1570 g/mol. The zero-order valence-electron chi connectivity index (χ0n) is 67.2. The molecule has 1 aliphatic carbocycles. The third-order valence-electron chi connectivity index (χ3n) is 24.4. The zero-order valence-corrected chi connectivity index (χ0v) is 72.1. The summed E-state index contributed by atoms with van der Waals surface area (Å²) in [7, 11) is 0. The number of ether oxygens (including phenoxy) is 2. The van der Waals surface area contributed by atoms with Crippen LogP contribution in [0.3, 0.4) is 0 Å². The molecule has 0 radical (unpaired) electrons. The molecular weight excluding hydrogens is 1440 g/mol. The summed E-state index contributed by atoms with van der Waals surface area (Å²) in [6.45, 7) is 13.8. The second-order valence-corrected chi connectivity index (χ2v) is 38.6. The average Bonchev–Trinajstić information content (AvgIpc) is 1.58. The number of carbonyl (C=O) groups is 1. The van der Waals surface area contributed by atoms with E-state index in [0.717, 1.165) is 97.3 Å². The van der Waals surface area contributed by atoms with Gasteiger partial charge in [-0.1, -0.05) is 344 Å². The number of hydrogen-bond donors (Lipinski definition) is 0. The molecule has 0 spiro atoms. The van der Waals surface area contributed by atoms with E-state index >= 15 is 4.79 Å². The summed E-state index contributed by atoms with van der Waals surface area (Å²) < 4.78 is 15.5. The molecule has 0 saturated heterocycles. The number of benzene rings is 4. The molecule has 3 aliphatic rings. The lowest BCUT2D eigenvalue weighted by Gasteiger charge is -2.39. The summed E-state index contributed by atoms with van der Waals surface area (Å²) in [6.07, 6.45) is 51.6. The van der Waals surface area contributed by atoms with Crippen LogP contribution in [0, 0.1) is 0 Å². The molecule has 0 saturated carbocycles. The summed E-state index contributed by atoms with van der Waals surface area (Å²) in [6, 6.07) is 52.6. The first-order chi connectivity index (χ1) is 53.7. The summed E-state index contributed by atoms with van der Waals surface area (Å²) in [5, 5.41) is 4.46. The quantitative estimate of drug-likeness (QED) is 0.0357. The summed E-state index contributed by atoms with van der Waals surface area (Å²) in [5.41, 5.74) is 12.5. The number of Topliss-reactive ketones (excluding diaryl/α,β-unsaturated/α-hetero) is 1. The molecule has 13 rings (SSSR count). The van der Waals surface area contributed by atoms with Crippen molar-refractivity contribution in [3.8, 4) is 60.3 Å². The van der Waals surface area contributed by atoms with Crippen molar-refractivity contribution in [3.63, 3.8) is 0 Å². The van der Waals surface area contributed by atoms with E-state index in [-0.39, 0.29) is 0 Å². The summed E-state index contributed by atoms with van der Waals surface area (Å²) in [5.74, 6) is 2.27. The van der Waals surface area contributed by atoms with Gasteiger partial charge in [-0.25, -0.2) is 0 Å². The maximum absolute atomic E-state index is 17.0. The monoisotopic (exact) mass is 1570 g/mol. The summed E-state index contributed by atoms with van der Waals surface area (Å²) in [4.78, 5) is 29.4. The van der Waals surface area contributed by atoms with Crippen LogP contribution in [0.25, 0.3) is 48.8 Å². The molecule has 0 unspecified atom stereocenters. The van der Waals surface area contributed by atoms with Crippen LogP contribution in [-0.4, -0.2) is 5.78 Å². The minimum atomic E-state index is -0.886. The topological polar surface area (TPSA) is 35.5 Å². The van der Waals surface area contributed by atoms with E-state index in [0.29, 0.717) is 5.78 Å². The molecule has 0 atom stereocenters. The van der Waals surface area contributed by atoms with Gasteiger partial charge in [-0.2, -0.15) is 0 Å². The molecule has 9 heteroatoms. The third-order valence-corrected chi connectivity index (χ3v) is 31.6. The van der Waals surface area contributed by atoms with Gasteiger partial charge in [0.05, 0.1) is 29.8 Å². The van der Waals surface area contributed by atoms with Crippen molar-refractivity contribution < 1.29 is 14.3 Å². The SMILES string of the molecule is CCCCCCCCCCCCC1(CCCCCCCCCCCC)C(=O)c2cc(-c3cc4c(s3)-c3sccc3OC4(c3ccc(CCCCCC)cc3)c3ccc(CCCCCC)cc3)sc2-c2sc(-c3cc4c(s3)-c3sccc3OC4(c3ccc(CCCCCC)cc3)c3ccc(CCCCCC)cc3)cc21. The van der Waals surface area contributed by atoms with Crippen molar-refractivity contribution in [3.05, 3.63) is 211 Å². The molecule has 3 nitrogen and oxygen atoms in total. The number of unbranched alkanes of at least 4 members (excludes halogenated alkanes) is 30. The Morgan fingerprint density at radius 2 is 0.541 bits per heavy atom. The van der Waals surface area contributed by atoms with Crippen LogP contribution in [0.1, 0.15) is 357 Å². The Labute approximate surface area is 681 Å². The van der Waals surface area contributed by atoms with Crippen LogP contribution in [0.2, 0.25) is 0 Å². The van der Waals surface area contributed by atoms with Gasteiger partial charge in [0.2, 0.25) is 0 Å². The van der Waals surface area contributed by atoms with Gasteiger partial charge in [-0.3, -0.25) is 4.79 Å². The maximum Gasteiger partial charge on any atom is 0.186 e. The number of rotatable bonds is 48. The summed E-state index contributed by atoms with van der Waals surface area (Å²) >= 11 is 11.3. The highest BCUT2D eigenvalue weighted by atomic mass is 32.1. The Morgan fingerprint density at radius 1 is 0.275 bits per heavy atom. The number of ketones is 1. The fourth-order valence-corrected chi connectivity index (χ4v) is 25.1. The lowest BCUT2D eigenvalue weighted by atomic mass is 9.65. The van der Waals surface area contributed by atoms with Gasteiger partial charge in [0, 0.05) is 63.3 Å². The minimum absolute atomic E-state index is 0.363. The Balaban J connectivity index is 0.934. The van der Waals surface area contributed by atoms with E-state index in [4.69, 9.17) is 9.47 Å². The number of carbonyl (C=O) groups excluding carboxylic acids is 1. The molecule has 0 bridgehead atoms. The van der Waals surface area contributed by atoms with Crippen molar-refractivity contribution in [2.75, 3.05) is 0 Å². The fourth-order valence-electron chi connectivity index (χ4n) is 18.0. The molecule has 0 N–H and O–H groups in total. The number of aryl methyl sites for hydroxylation is 4. The highest BCUT2D eigenvalue weighted by Gasteiger charge is 2.51. The fraction of sp³-hybridized carbons (Fsp3) is 0.510. The van der Waals surface area contributed by atoms with E-state index in [1.165, 1.54) is 299 Å². The first-order valence-corrected chi connectivity index (χ1v) is 48.8. The molecule has 0 amide bonds. The van der Waals surface area contributed by atoms with Crippen molar-refractivity contribution in [1.82, 2.24) is 0 Å². The molecule has 4 aromatic carbocycles. The third kappa shape index (κ3) is 18.8. The van der Waals surface area contributed by atoms with Gasteiger partial charge in [0.15, 0.2) is 17.0 Å². The Hall–Kier alpha value is -5.65. The zero-order chi connectivity index (χ0) is 75.3. The second-order valence-electron chi connectivity index (χ2n) is 32.5. The second kappa shape index (κ2) is 40.4. The lowest BCUT2D eigenvalue weighted by molar-refractivity contribution is 0.0855. The van der Waals surface area contributed by atoms with Crippen molar-refractivity contribution in [1.29, 1.82) is 0 Å². The van der Waals surface area contributed by atoms with E-state index in [1.54, 1.807) is 11.3 Å². The van der Waals surface area contributed by atoms with Gasteiger partial charge >= 0.3 is 0 Å². The Kier molecular flexibility index (Phi) is 30.1. The number of fused-ring (bicyclic) bond motifs is 9. The van der Waals surface area contributed by atoms with Crippen molar-refractivity contribution in [2.45, 2.75) is 328 Å². The van der Waals surface area contributed by atoms with Gasteiger partial charge in [-0.05, 0) is 139 Å². The van der Waals surface area contributed by atoms with E-state index in [9.17, 15) is 0 Å². The van der Waals surface area contributed by atoms with E-state index < -0.39 is 16.6 Å². The predicted molar refractivity (Wildman–Crippen MR) is 478 cm³/mol. The van der Waals surface area contributed by atoms with Crippen LogP contribution in [0.4, 0.5) is 0 Å². The van der Waals surface area contributed by atoms with Crippen LogP contribution >= 0.6 is 68.0 Å². The molecule has 10 aromatic rings. The van der Waals surface area contributed by atoms with Crippen LogP contribution in [0.5, 0.6) is 11.5 Å². The first-order valence-electron chi connectivity index (χ1n) is 43.7. The van der Waals surface area contributed by atoms with Crippen molar-refractivity contribution in [2.24, 2.45) is 0 Å². The Bertz CT molecular complexity index is 4270. The minimum Gasteiger partial charge on any atom is -0.471 e. The molecule has 580 valence electrons. The normalized spacial score (nSPS) is 14.2. The van der Waals surface area contributed by atoms with Gasteiger partial charge in [0.25, 0.3) is 0 Å². The number of hydrogen-bond acceptors (Lipinski definition) is 9. The molecule has 6 aromatic heterocycles. The molecule has 2 aliphatic heterocycles. The first kappa shape index (κ1) is 81.4. The smallest absolute Gasteiger partial charge is 0.186 e. The van der Waals surface area contributed by atoms with E-state index in [2.05, 4.69) is 186 Å². The maximum atomic E-state index is 17.0. The van der Waals surface area contributed by atoms with Gasteiger partial charge < -0.3 is 9.47 Å². The van der Waals surface area contributed by atoms with E-state index in [1.807, 2.05) is 56.7 Å². The highest BCUT2D eigenvalue weighted by molar-refractivity contribution is 7.31. The van der Waals surface area contributed by atoms with Gasteiger partial charge in [-0.15, -0.1) is 68.0 Å². The van der Waals surface area contributed by atoms with Crippen LogP contribution in [0.15, 0.2) is 144 Å². The standard InChI is InChI=1S/C100H126O3S6/c1-7-13-19-25-27-29-31-33-35-41-65-98(66-42-36-34-32-30-28-26-20-14-8-2)82-70-88(90-72-84-94(109-90)96-86(64-68-105-96)103-100(84,79-59-51-75(52-60-79)45-39-23-17-11-5)80-61-53-76(54-62-80)46-40-24-18-12-6)107-92(82)91-81(97(98)101)69-87(106-91)89-71-83-93(108-89)95-85(63-67-104-95)102-99(83,77-55-47-73(48-56-77)43-37-21-15-9-3)78-57-49-74(50-58-78)44-38-22-16-10-4/h47-64,67-72H,7-46,65-66H2,1-6H3. The van der Waals surface area contributed by atoms with Crippen LogP contribution in [-0.2, 0) is 42.3 Å². The van der Waals surface area contributed by atoms with Gasteiger partial charge in [0.1, 0.15) is 11.5 Å². The molecule has 109 heavy (non-hydrogen) atoms. The van der Waals surface area contributed by atoms with Crippen molar-refractivity contribution >= 4 is 73.8 Å². The van der Waals surface area contributed by atoms with Crippen LogP contribution < -0.4 is 9.47 Å². The molecule has 0 fully saturated rings. The lowest BCUT2D eigenvalue weighted by Crippen LogP contribution is -2.38. The molecular formula is C100H126O3S6. The Morgan fingerprint density at radius 3 is 0.862 bits per heavy atom. The highest BCUT2D eigenvalue weighted by Crippen LogP contribution is 2.63. The largest absolute Gasteiger partial charge is 0.471 e. The predicted octanol–water partition coefficient (Wildman–Crippen LogP) is 33.3. The molecule has 8 heterocycles.